The van der Waals surface area contributed by atoms with Crippen LogP contribution >= 0.6 is 0 Å². The highest BCUT2D eigenvalue weighted by molar-refractivity contribution is 7.89. The first-order chi connectivity index (χ1) is 8.27. The molecule has 0 radical (unpaired) electrons. The van der Waals surface area contributed by atoms with Gasteiger partial charge in [0.05, 0.1) is 5.56 Å². The molecule has 9 heteroatoms. The van der Waals surface area contributed by atoms with E-state index in [-0.39, 0.29) is 17.4 Å². The number of hydrogen-bond acceptors (Lipinski definition) is 6. The summed E-state index contributed by atoms with van der Waals surface area (Å²) in [6, 6.07) is -0.0388. The average molecular weight is 273 g/mol. The van der Waals surface area contributed by atoms with Gasteiger partial charge >= 0.3 is 0 Å². The first-order valence-corrected chi connectivity index (χ1v) is 6.63. The van der Waals surface area contributed by atoms with Crippen LogP contribution in [-0.4, -0.2) is 37.4 Å². The highest BCUT2D eigenvalue weighted by Crippen LogP contribution is 2.14. The van der Waals surface area contributed by atoms with Crippen LogP contribution in [0.5, 0.6) is 0 Å². The minimum absolute atomic E-state index is 0.0388. The number of aromatic nitrogens is 2. The lowest BCUT2D eigenvalue weighted by Gasteiger charge is -2.12. The minimum atomic E-state index is -3.76. The lowest BCUT2D eigenvalue weighted by atomic mass is 10.3. The predicted octanol–water partition coefficient (Wildman–Crippen LogP) is -0.696. The van der Waals surface area contributed by atoms with Gasteiger partial charge < -0.3 is 11.1 Å². The summed E-state index contributed by atoms with van der Waals surface area (Å²) in [5.74, 6) is -0.632. The van der Waals surface area contributed by atoms with Crippen LogP contribution in [0.4, 0.5) is 5.82 Å². The lowest BCUT2D eigenvalue weighted by Crippen LogP contribution is -2.25. The molecule has 1 aromatic rings. The van der Waals surface area contributed by atoms with E-state index in [0.717, 1.165) is 6.20 Å². The van der Waals surface area contributed by atoms with Gasteiger partial charge in [-0.1, -0.05) is 0 Å². The second kappa shape index (κ2) is 5.27. The number of nitrogens with two attached hydrogens (primary N) is 1. The summed E-state index contributed by atoms with van der Waals surface area (Å²) in [6.07, 6.45) is 1.09. The summed E-state index contributed by atoms with van der Waals surface area (Å²) in [5.41, 5.74) is 5.20. The van der Waals surface area contributed by atoms with Gasteiger partial charge in [0.15, 0.2) is 0 Å². The zero-order valence-corrected chi connectivity index (χ0v) is 11.1. The van der Waals surface area contributed by atoms with Crippen molar-refractivity contribution in [3.63, 3.8) is 0 Å². The second-order valence-electron chi connectivity index (χ2n) is 3.79. The lowest BCUT2D eigenvalue weighted by molar-refractivity contribution is 0.1000. The zero-order valence-electron chi connectivity index (χ0n) is 10.3. The van der Waals surface area contributed by atoms with E-state index in [0.29, 0.717) is 0 Å². The van der Waals surface area contributed by atoms with Gasteiger partial charge in [0.2, 0.25) is 0 Å². The van der Waals surface area contributed by atoms with Crippen molar-refractivity contribution in [2.75, 3.05) is 12.4 Å². The van der Waals surface area contributed by atoms with Crippen LogP contribution in [0.25, 0.3) is 0 Å². The van der Waals surface area contributed by atoms with Crippen molar-refractivity contribution >= 4 is 21.7 Å². The van der Waals surface area contributed by atoms with Gasteiger partial charge in [-0.15, -0.1) is 0 Å². The van der Waals surface area contributed by atoms with Crippen molar-refractivity contribution in [2.24, 2.45) is 5.73 Å². The van der Waals surface area contributed by atoms with Crippen LogP contribution in [0, 0.1) is 0 Å². The molecule has 0 aromatic carbocycles. The summed E-state index contributed by atoms with van der Waals surface area (Å²) in [7, 11) is -2.52. The third-order valence-corrected chi connectivity index (χ3v) is 3.18. The molecule has 0 saturated heterocycles. The Morgan fingerprint density at radius 2 is 2.06 bits per heavy atom. The van der Waals surface area contributed by atoms with Crippen LogP contribution in [0.2, 0.25) is 0 Å². The summed E-state index contributed by atoms with van der Waals surface area (Å²) in [5, 5.41) is 2.43. The van der Waals surface area contributed by atoms with E-state index in [4.69, 9.17) is 5.73 Å². The van der Waals surface area contributed by atoms with Gasteiger partial charge in [0, 0.05) is 12.2 Å². The maximum Gasteiger partial charge on any atom is 0.276 e. The number of carbonyl (C=O) groups is 1. The maximum atomic E-state index is 11.5. The number of rotatable bonds is 5. The first kappa shape index (κ1) is 14.3. The van der Waals surface area contributed by atoms with E-state index in [1.54, 1.807) is 0 Å². The molecule has 0 bridgehead atoms. The topological polar surface area (TPSA) is 127 Å². The molecule has 0 unspecified atom stereocenters. The molecule has 1 aromatic heterocycles. The SMILES string of the molecule is CNS(=O)(=O)c1ncc(C(N)=O)c(NC(C)C)n1. The number of nitrogens with zero attached hydrogens (tertiary/aromatic N) is 2. The van der Waals surface area contributed by atoms with E-state index in [9.17, 15) is 13.2 Å². The fourth-order valence-corrected chi connectivity index (χ4v) is 1.74. The van der Waals surface area contributed by atoms with E-state index in [1.807, 2.05) is 13.8 Å². The van der Waals surface area contributed by atoms with Gasteiger partial charge in [0.1, 0.15) is 5.82 Å². The van der Waals surface area contributed by atoms with Crippen LogP contribution in [0.1, 0.15) is 24.2 Å². The Bertz CT molecular complexity index is 555. The zero-order chi connectivity index (χ0) is 13.9. The largest absolute Gasteiger partial charge is 0.367 e. The summed E-state index contributed by atoms with van der Waals surface area (Å²) < 4.78 is 25.2. The molecule has 4 N–H and O–H groups in total. The normalized spacial score (nSPS) is 11.6. The van der Waals surface area contributed by atoms with Gasteiger partial charge in [-0.3, -0.25) is 4.79 Å². The number of amides is 1. The maximum absolute atomic E-state index is 11.5. The number of primary amides is 1. The molecule has 0 aliphatic rings. The van der Waals surface area contributed by atoms with Gasteiger partial charge in [-0.25, -0.2) is 18.1 Å². The van der Waals surface area contributed by atoms with E-state index in [2.05, 4.69) is 20.0 Å². The molecule has 8 nitrogen and oxygen atoms in total. The Hall–Kier alpha value is -1.74. The Morgan fingerprint density at radius 1 is 1.44 bits per heavy atom. The highest BCUT2D eigenvalue weighted by Gasteiger charge is 2.20. The fourth-order valence-electron chi connectivity index (χ4n) is 1.15. The number of nitrogens with one attached hydrogen (secondary N) is 2. The summed E-state index contributed by atoms with van der Waals surface area (Å²) in [6.45, 7) is 3.64. The van der Waals surface area contributed by atoms with Crippen molar-refractivity contribution < 1.29 is 13.2 Å². The second-order valence-corrected chi connectivity index (χ2v) is 5.57. The van der Waals surface area contributed by atoms with Crippen molar-refractivity contribution in [3.05, 3.63) is 11.8 Å². The third-order valence-electron chi connectivity index (χ3n) is 1.97. The van der Waals surface area contributed by atoms with Crippen molar-refractivity contribution in [2.45, 2.75) is 25.0 Å². The number of carbonyl (C=O) groups excluding carboxylic acids is 1. The number of sulfonamides is 1. The molecule has 0 aliphatic heterocycles. The van der Waals surface area contributed by atoms with Crippen LogP contribution in [0.15, 0.2) is 11.4 Å². The van der Waals surface area contributed by atoms with E-state index in [1.165, 1.54) is 7.05 Å². The molecule has 0 atom stereocenters. The quantitative estimate of drug-likeness (QED) is 0.609. The highest BCUT2D eigenvalue weighted by atomic mass is 32.2. The first-order valence-electron chi connectivity index (χ1n) is 5.15. The van der Waals surface area contributed by atoms with E-state index >= 15 is 0 Å². The average Bonchev–Trinajstić information content (AvgIpc) is 2.27. The van der Waals surface area contributed by atoms with Crippen LogP contribution in [0.3, 0.4) is 0 Å². The Balaban J connectivity index is 3.34. The molecule has 0 saturated carbocycles. The van der Waals surface area contributed by atoms with Crippen molar-refractivity contribution in [3.8, 4) is 0 Å². The molecular formula is C9H15N5O3S. The summed E-state index contributed by atoms with van der Waals surface area (Å²) >= 11 is 0. The minimum Gasteiger partial charge on any atom is -0.367 e. The van der Waals surface area contributed by atoms with Crippen molar-refractivity contribution in [1.29, 1.82) is 0 Å². The van der Waals surface area contributed by atoms with Crippen LogP contribution < -0.4 is 15.8 Å². The molecular weight excluding hydrogens is 258 g/mol. The van der Waals surface area contributed by atoms with Crippen molar-refractivity contribution in [1.82, 2.24) is 14.7 Å². The molecule has 0 spiro atoms. The van der Waals surface area contributed by atoms with Gasteiger partial charge in [0.25, 0.3) is 21.1 Å². The molecule has 1 amide bonds. The number of anilines is 1. The molecule has 1 rings (SSSR count). The van der Waals surface area contributed by atoms with Crippen LogP contribution in [-0.2, 0) is 10.0 Å². The van der Waals surface area contributed by atoms with Gasteiger partial charge in [-0.05, 0) is 20.9 Å². The predicted molar refractivity (Wildman–Crippen MR) is 65.6 cm³/mol. The standard InChI is InChI=1S/C9H15N5O3S/c1-5(2)13-8-6(7(10)15)4-12-9(14-8)18(16,17)11-3/h4-5,11H,1-3H3,(H2,10,15)(H,12,13,14). The Labute approximate surface area is 105 Å². The molecule has 0 aliphatic carbocycles. The summed E-state index contributed by atoms with van der Waals surface area (Å²) in [4.78, 5) is 18.6. The Morgan fingerprint density at radius 3 is 2.50 bits per heavy atom. The Kier molecular flexibility index (Phi) is 4.19. The molecule has 0 fully saturated rings. The smallest absolute Gasteiger partial charge is 0.276 e. The number of hydrogen-bond donors (Lipinski definition) is 3. The third kappa shape index (κ3) is 3.14. The monoisotopic (exact) mass is 273 g/mol. The molecule has 1 heterocycles. The molecule has 18 heavy (non-hydrogen) atoms. The fraction of sp³-hybridized carbons (Fsp3) is 0.444. The molecule has 100 valence electrons. The van der Waals surface area contributed by atoms with Gasteiger partial charge in [-0.2, -0.15) is 4.98 Å². The van der Waals surface area contributed by atoms with E-state index < -0.39 is 21.1 Å².